The van der Waals surface area contributed by atoms with Gasteiger partial charge < -0.3 is 11.1 Å². The Bertz CT molecular complexity index is 101. The van der Waals surface area contributed by atoms with Crippen LogP contribution in [0.3, 0.4) is 0 Å². The third kappa shape index (κ3) is 0.501. The maximum Gasteiger partial charge on any atom is 0.00946 e. The lowest BCUT2D eigenvalue weighted by Crippen LogP contribution is -2.37. The van der Waals surface area contributed by atoms with Crippen molar-refractivity contribution < 1.29 is 0 Å². The van der Waals surface area contributed by atoms with Crippen molar-refractivity contribution in [3.05, 3.63) is 0 Å². The number of nitrogens with one attached hydrogen (secondary N) is 1. The molecule has 1 aliphatic carbocycles. The van der Waals surface area contributed by atoms with Crippen molar-refractivity contribution in [3.8, 4) is 0 Å². The zero-order valence-corrected chi connectivity index (χ0v) is 4.93. The van der Waals surface area contributed by atoms with Crippen LogP contribution >= 0.6 is 0 Å². The molecule has 2 fully saturated rings. The highest BCUT2D eigenvalue weighted by molar-refractivity contribution is 4.96. The second kappa shape index (κ2) is 1.45. The minimum Gasteiger partial charge on any atom is -0.327 e. The van der Waals surface area contributed by atoms with Crippen LogP contribution in [0, 0.1) is 5.92 Å². The van der Waals surface area contributed by atoms with E-state index in [1.54, 1.807) is 0 Å². The van der Waals surface area contributed by atoms with E-state index in [9.17, 15) is 0 Å². The smallest absolute Gasteiger partial charge is 0.00946 e. The predicted molar refractivity (Wildman–Crippen MR) is 32.5 cm³/mol. The third-order valence-corrected chi connectivity index (χ3v) is 2.42. The van der Waals surface area contributed by atoms with Crippen molar-refractivity contribution in [1.82, 2.24) is 5.32 Å². The quantitative estimate of drug-likeness (QED) is 0.451. The molecule has 3 N–H and O–H groups in total. The van der Waals surface area contributed by atoms with Crippen molar-refractivity contribution in [3.63, 3.8) is 0 Å². The Morgan fingerprint density at radius 2 is 2.25 bits per heavy atom. The van der Waals surface area contributed by atoms with E-state index in [0.29, 0.717) is 6.04 Å². The van der Waals surface area contributed by atoms with Gasteiger partial charge in [0.25, 0.3) is 0 Å². The summed E-state index contributed by atoms with van der Waals surface area (Å²) >= 11 is 0. The van der Waals surface area contributed by atoms with Crippen LogP contribution in [0.1, 0.15) is 12.8 Å². The van der Waals surface area contributed by atoms with E-state index < -0.39 is 0 Å². The molecule has 2 aliphatic rings. The van der Waals surface area contributed by atoms with Gasteiger partial charge in [-0.1, -0.05) is 0 Å². The Labute approximate surface area is 49.4 Å². The normalized spacial score (nSPS) is 52.9. The second-order valence-electron chi connectivity index (χ2n) is 3.00. The molecule has 0 aromatic heterocycles. The summed E-state index contributed by atoms with van der Waals surface area (Å²) in [4.78, 5) is 0. The summed E-state index contributed by atoms with van der Waals surface area (Å²) in [6.07, 6.45) is 2.55. The average molecular weight is 112 g/mol. The van der Waals surface area contributed by atoms with Crippen LogP contribution in [-0.2, 0) is 0 Å². The lowest BCUT2D eigenvalue weighted by Gasteiger charge is -2.16. The highest BCUT2D eigenvalue weighted by atomic mass is 15.0. The number of rotatable bonds is 0. The Morgan fingerprint density at radius 1 is 1.38 bits per heavy atom. The molecule has 1 unspecified atom stereocenters. The Balaban J connectivity index is 2.11. The molecule has 8 heavy (non-hydrogen) atoms. The molecule has 1 saturated carbocycles. The van der Waals surface area contributed by atoms with Gasteiger partial charge in [-0.2, -0.15) is 0 Å². The van der Waals surface area contributed by atoms with Crippen molar-refractivity contribution in [2.24, 2.45) is 11.7 Å². The van der Waals surface area contributed by atoms with E-state index in [0.717, 1.165) is 12.0 Å². The minimum atomic E-state index is 0.515. The van der Waals surface area contributed by atoms with E-state index >= 15 is 0 Å². The van der Waals surface area contributed by atoms with Gasteiger partial charge in [0.15, 0.2) is 0 Å². The van der Waals surface area contributed by atoms with Gasteiger partial charge in [0, 0.05) is 12.1 Å². The average Bonchev–Trinajstić information content (AvgIpc) is 2.23. The first kappa shape index (κ1) is 4.77. The molecule has 3 atom stereocenters. The van der Waals surface area contributed by atoms with Gasteiger partial charge in [-0.05, 0) is 25.3 Å². The van der Waals surface area contributed by atoms with Gasteiger partial charge in [-0.15, -0.1) is 0 Å². The molecule has 1 saturated heterocycles. The summed E-state index contributed by atoms with van der Waals surface area (Å²) in [5, 5.41) is 3.41. The number of fused-ring (bicyclic) bond motifs is 2. The molecular weight excluding hydrogens is 100 g/mol. The van der Waals surface area contributed by atoms with Crippen LogP contribution in [0.2, 0.25) is 0 Å². The number of nitrogens with two attached hydrogens (primary N) is 1. The van der Waals surface area contributed by atoms with Crippen LogP contribution in [0.5, 0.6) is 0 Å². The third-order valence-electron chi connectivity index (χ3n) is 2.42. The monoisotopic (exact) mass is 112 g/mol. The summed E-state index contributed by atoms with van der Waals surface area (Å²) in [6, 6.07) is 1.29. The van der Waals surface area contributed by atoms with E-state index in [1.165, 1.54) is 19.4 Å². The summed E-state index contributed by atoms with van der Waals surface area (Å²) < 4.78 is 0. The summed E-state index contributed by atoms with van der Waals surface area (Å²) in [6.45, 7) is 1.17. The molecule has 2 bridgehead atoms. The second-order valence-corrected chi connectivity index (χ2v) is 3.00. The van der Waals surface area contributed by atoms with Crippen LogP contribution in [0.4, 0.5) is 0 Å². The van der Waals surface area contributed by atoms with Gasteiger partial charge in [0.2, 0.25) is 0 Å². The molecule has 46 valence electrons. The Hall–Kier alpha value is -0.0800. The summed E-state index contributed by atoms with van der Waals surface area (Å²) in [7, 11) is 0. The van der Waals surface area contributed by atoms with Crippen molar-refractivity contribution in [2.45, 2.75) is 24.9 Å². The summed E-state index contributed by atoms with van der Waals surface area (Å²) in [5.74, 6) is 0.806. The molecule has 2 heteroatoms. The van der Waals surface area contributed by atoms with Gasteiger partial charge in [-0.3, -0.25) is 0 Å². The molecule has 0 aromatic carbocycles. The molecule has 2 nitrogen and oxygen atoms in total. The first-order valence-electron chi connectivity index (χ1n) is 3.35. The van der Waals surface area contributed by atoms with Gasteiger partial charge >= 0.3 is 0 Å². The standard InChI is InChI=1S/C6H12N2/c7-6-2-5-1-4(6)3-8-5/h4-6,8H,1-3,7H2/t4?,5-,6-/m1/s1. The minimum absolute atomic E-state index is 0.515. The Kier molecular flexibility index (Phi) is 0.866. The predicted octanol–water partition coefficient (Wildman–Crippen LogP) is -0.305. The zero-order valence-electron chi connectivity index (χ0n) is 4.93. The first-order valence-corrected chi connectivity index (χ1v) is 3.35. The number of piperidine rings is 1. The SMILES string of the molecule is N[C@@H]1C[C@H]2CC1CN2. The maximum absolute atomic E-state index is 5.78. The molecular formula is C6H12N2. The number of hydrogen-bond donors (Lipinski definition) is 2. The molecule has 1 aliphatic heterocycles. The Morgan fingerprint density at radius 3 is 2.50 bits per heavy atom. The van der Waals surface area contributed by atoms with Crippen LogP contribution in [0.15, 0.2) is 0 Å². The maximum atomic E-state index is 5.78. The van der Waals surface area contributed by atoms with E-state index in [2.05, 4.69) is 5.32 Å². The van der Waals surface area contributed by atoms with E-state index in [1.807, 2.05) is 0 Å². The number of hydrogen-bond acceptors (Lipinski definition) is 2. The summed E-state index contributed by atoms with van der Waals surface area (Å²) in [5.41, 5.74) is 5.78. The lowest BCUT2D eigenvalue weighted by atomic mass is 10.1. The molecule has 1 heterocycles. The molecule has 0 amide bonds. The first-order chi connectivity index (χ1) is 3.86. The van der Waals surface area contributed by atoms with Crippen LogP contribution in [-0.4, -0.2) is 18.6 Å². The van der Waals surface area contributed by atoms with Gasteiger partial charge in [0.1, 0.15) is 0 Å². The highest BCUT2D eigenvalue weighted by Crippen LogP contribution is 2.29. The van der Waals surface area contributed by atoms with Crippen molar-refractivity contribution in [2.75, 3.05) is 6.54 Å². The van der Waals surface area contributed by atoms with Crippen LogP contribution in [0.25, 0.3) is 0 Å². The molecule has 2 rings (SSSR count). The fourth-order valence-electron chi connectivity index (χ4n) is 1.88. The topological polar surface area (TPSA) is 38.0 Å². The largest absolute Gasteiger partial charge is 0.327 e. The van der Waals surface area contributed by atoms with Gasteiger partial charge in [-0.25, -0.2) is 0 Å². The van der Waals surface area contributed by atoms with Crippen molar-refractivity contribution >= 4 is 0 Å². The van der Waals surface area contributed by atoms with E-state index in [-0.39, 0.29) is 0 Å². The zero-order chi connectivity index (χ0) is 5.56. The van der Waals surface area contributed by atoms with Crippen molar-refractivity contribution in [1.29, 1.82) is 0 Å². The van der Waals surface area contributed by atoms with Crippen LogP contribution < -0.4 is 11.1 Å². The fraction of sp³-hybridized carbons (Fsp3) is 1.00. The molecule has 0 spiro atoms. The highest BCUT2D eigenvalue weighted by Gasteiger charge is 2.36. The molecule has 0 radical (unpaired) electrons. The lowest BCUT2D eigenvalue weighted by molar-refractivity contribution is 0.439. The molecule has 0 aromatic rings. The van der Waals surface area contributed by atoms with Gasteiger partial charge in [0.05, 0.1) is 0 Å². The van der Waals surface area contributed by atoms with E-state index in [4.69, 9.17) is 5.73 Å². The fourth-order valence-corrected chi connectivity index (χ4v) is 1.88.